The van der Waals surface area contributed by atoms with Crippen LogP contribution in [0.25, 0.3) is 0 Å². The normalized spacial score (nSPS) is 10.5. The van der Waals surface area contributed by atoms with Gasteiger partial charge >= 0.3 is 0 Å². The molecule has 0 amide bonds. The Labute approximate surface area is 102 Å². The second-order valence-electron chi connectivity index (χ2n) is 3.43. The van der Waals surface area contributed by atoms with Gasteiger partial charge in [-0.25, -0.2) is 8.78 Å². The van der Waals surface area contributed by atoms with Crippen LogP contribution < -0.4 is 0 Å². The molecule has 2 rings (SSSR count). The molecule has 4 heteroatoms. The first-order valence-corrected chi connectivity index (χ1v) is 5.84. The molecule has 2 aromatic carbocycles. The van der Waals surface area contributed by atoms with E-state index >= 15 is 0 Å². The zero-order chi connectivity index (χ0) is 12.3. The molecule has 2 aromatic rings. The van der Waals surface area contributed by atoms with E-state index in [9.17, 15) is 8.78 Å². The number of aliphatic hydroxyl groups is 1. The maximum Gasteiger partial charge on any atom is 0.129 e. The molecule has 0 spiro atoms. The number of aliphatic hydroxyl groups excluding tert-OH is 1. The van der Waals surface area contributed by atoms with Crippen molar-refractivity contribution in [1.29, 1.82) is 0 Å². The second kappa shape index (κ2) is 5.29. The number of benzene rings is 2. The van der Waals surface area contributed by atoms with Crippen LogP contribution in [-0.2, 0) is 6.61 Å². The number of hydrogen-bond acceptors (Lipinski definition) is 2. The third-order valence-electron chi connectivity index (χ3n) is 2.26. The van der Waals surface area contributed by atoms with Crippen molar-refractivity contribution in [2.45, 2.75) is 16.4 Å². The van der Waals surface area contributed by atoms with Gasteiger partial charge in [0.1, 0.15) is 11.6 Å². The van der Waals surface area contributed by atoms with Crippen LogP contribution in [0.4, 0.5) is 8.78 Å². The van der Waals surface area contributed by atoms with Crippen molar-refractivity contribution in [1.82, 2.24) is 0 Å². The minimum atomic E-state index is -0.450. The van der Waals surface area contributed by atoms with Crippen molar-refractivity contribution in [2.24, 2.45) is 0 Å². The van der Waals surface area contributed by atoms with E-state index in [-0.39, 0.29) is 18.0 Å². The number of rotatable bonds is 3. The van der Waals surface area contributed by atoms with Crippen LogP contribution in [0.5, 0.6) is 0 Å². The first-order valence-electron chi connectivity index (χ1n) is 5.02. The highest BCUT2D eigenvalue weighted by Gasteiger charge is 2.08. The molecule has 1 N–H and O–H groups in total. The van der Waals surface area contributed by atoms with E-state index in [4.69, 9.17) is 5.11 Å². The average Bonchev–Trinajstić information content (AvgIpc) is 2.29. The van der Waals surface area contributed by atoms with E-state index in [1.54, 1.807) is 24.3 Å². The molecule has 0 aliphatic heterocycles. The summed E-state index contributed by atoms with van der Waals surface area (Å²) in [5.74, 6) is -0.786. The highest BCUT2D eigenvalue weighted by Crippen LogP contribution is 2.31. The van der Waals surface area contributed by atoms with E-state index in [0.29, 0.717) is 9.79 Å². The van der Waals surface area contributed by atoms with Gasteiger partial charge in [-0.15, -0.1) is 0 Å². The van der Waals surface area contributed by atoms with Gasteiger partial charge in [-0.1, -0.05) is 23.9 Å². The largest absolute Gasteiger partial charge is 0.392 e. The molecule has 0 atom stereocenters. The van der Waals surface area contributed by atoms with Gasteiger partial charge in [0.25, 0.3) is 0 Å². The molecule has 0 fully saturated rings. The minimum absolute atomic E-state index is 0.238. The lowest BCUT2D eigenvalue weighted by molar-refractivity contribution is 0.272. The Morgan fingerprint density at radius 3 is 2.53 bits per heavy atom. The second-order valence-corrected chi connectivity index (χ2v) is 4.55. The highest BCUT2D eigenvalue weighted by atomic mass is 32.2. The van der Waals surface area contributed by atoms with Crippen LogP contribution in [-0.4, -0.2) is 5.11 Å². The molecule has 0 aliphatic carbocycles. The maximum atomic E-state index is 13.4. The van der Waals surface area contributed by atoms with Crippen LogP contribution in [0.15, 0.2) is 52.3 Å². The fourth-order valence-corrected chi connectivity index (χ4v) is 2.45. The molecule has 17 heavy (non-hydrogen) atoms. The van der Waals surface area contributed by atoms with Gasteiger partial charge in [-0.05, 0) is 30.3 Å². The molecule has 1 nitrogen and oxygen atoms in total. The quantitative estimate of drug-likeness (QED) is 0.900. The van der Waals surface area contributed by atoms with Crippen LogP contribution in [0.3, 0.4) is 0 Å². The topological polar surface area (TPSA) is 20.2 Å². The Morgan fingerprint density at radius 2 is 1.82 bits per heavy atom. The van der Waals surface area contributed by atoms with E-state index in [0.717, 1.165) is 0 Å². The van der Waals surface area contributed by atoms with E-state index in [1.807, 2.05) is 0 Å². The molecule has 0 unspecified atom stereocenters. The zero-order valence-corrected chi connectivity index (χ0v) is 9.68. The summed E-state index contributed by atoms with van der Waals surface area (Å²) in [6.07, 6.45) is 0. The first-order chi connectivity index (χ1) is 8.20. The summed E-state index contributed by atoms with van der Waals surface area (Å²) in [6, 6.07) is 10.6. The lowest BCUT2D eigenvalue weighted by Crippen LogP contribution is -1.92. The Bertz CT molecular complexity index is 529. The summed E-state index contributed by atoms with van der Waals surface area (Å²) in [6.45, 7) is -0.371. The van der Waals surface area contributed by atoms with Crippen LogP contribution in [0.2, 0.25) is 0 Å². The molecule has 0 saturated carbocycles. The molecular weight excluding hydrogens is 242 g/mol. The zero-order valence-electron chi connectivity index (χ0n) is 8.86. The maximum absolute atomic E-state index is 13.4. The van der Waals surface area contributed by atoms with Gasteiger partial charge in [0, 0.05) is 15.4 Å². The third-order valence-corrected chi connectivity index (χ3v) is 3.35. The molecule has 0 aliphatic rings. The fraction of sp³-hybridized carbons (Fsp3) is 0.0769. The Balaban J connectivity index is 2.33. The standard InChI is InChI=1S/C13H10F2OS/c14-9-3-1-4-10(7-9)17-13-6-2-5-12(15)11(13)8-16/h1-7,16H,8H2. The van der Waals surface area contributed by atoms with Gasteiger partial charge in [0.2, 0.25) is 0 Å². The highest BCUT2D eigenvalue weighted by molar-refractivity contribution is 7.99. The summed E-state index contributed by atoms with van der Waals surface area (Å²) in [5, 5.41) is 9.10. The van der Waals surface area contributed by atoms with Gasteiger partial charge in [0.15, 0.2) is 0 Å². The lowest BCUT2D eigenvalue weighted by atomic mass is 10.2. The molecule has 0 radical (unpaired) electrons. The van der Waals surface area contributed by atoms with E-state index < -0.39 is 5.82 Å². The van der Waals surface area contributed by atoms with Crippen molar-refractivity contribution < 1.29 is 13.9 Å². The van der Waals surface area contributed by atoms with Gasteiger partial charge in [-0.2, -0.15) is 0 Å². The van der Waals surface area contributed by atoms with Gasteiger partial charge in [-0.3, -0.25) is 0 Å². The summed E-state index contributed by atoms with van der Waals surface area (Å²) in [7, 11) is 0. The summed E-state index contributed by atoms with van der Waals surface area (Å²) in [5.41, 5.74) is 0.238. The average molecular weight is 252 g/mol. The van der Waals surface area contributed by atoms with E-state index in [1.165, 1.54) is 30.0 Å². The van der Waals surface area contributed by atoms with Crippen molar-refractivity contribution in [3.8, 4) is 0 Å². The van der Waals surface area contributed by atoms with Crippen molar-refractivity contribution >= 4 is 11.8 Å². The minimum Gasteiger partial charge on any atom is -0.392 e. The molecular formula is C13H10F2OS. The monoisotopic (exact) mass is 252 g/mol. The van der Waals surface area contributed by atoms with Crippen LogP contribution in [0, 0.1) is 11.6 Å². The fourth-order valence-electron chi connectivity index (χ4n) is 1.45. The lowest BCUT2D eigenvalue weighted by Gasteiger charge is -2.07. The van der Waals surface area contributed by atoms with Crippen molar-refractivity contribution in [2.75, 3.05) is 0 Å². The summed E-state index contributed by atoms with van der Waals surface area (Å²) < 4.78 is 26.4. The number of hydrogen-bond donors (Lipinski definition) is 1. The molecule has 0 bridgehead atoms. The number of halogens is 2. The summed E-state index contributed by atoms with van der Waals surface area (Å²) >= 11 is 1.23. The predicted octanol–water partition coefficient (Wildman–Crippen LogP) is 3.61. The van der Waals surface area contributed by atoms with Crippen LogP contribution in [0.1, 0.15) is 5.56 Å². The molecule has 0 saturated heterocycles. The molecule has 88 valence electrons. The van der Waals surface area contributed by atoms with Crippen LogP contribution >= 0.6 is 11.8 Å². The Kier molecular flexibility index (Phi) is 3.76. The molecule has 0 heterocycles. The Morgan fingerprint density at radius 1 is 1.06 bits per heavy atom. The van der Waals surface area contributed by atoms with E-state index in [2.05, 4.69) is 0 Å². The smallest absolute Gasteiger partial charge is 0.129 e. The predicted molar refractivity (Wildman–Crippen MR) is 62.8 cm³/mol. The van der Waals surface area contributed by atoms with Gasteiger partial charge < -0.3 is 5.11 Å². The van der Waals surface area contributed by atoms with Gasteiger partial charge in [0.05, 0.1) is 6.61 Å². The third kappa shape index (κ3) is 2.84. The SMILES string of the molecule is OCc1c(F)cccc1Sc1cccc(F)c1. The summed E-state index contributed by atoms with van der Waals surface area (Å²) in [4.78, 5) is 1.27. The first kappa shape index (κ1) is 12.1. The molecule has 0 aromatic heterocycles. The van der Waals surface area contributed by atoms with Crippen molar-refractivity contribution in [3.63, 3.8) is 0 Å². The van der Waals surface area contributed by atoms with Crippen molar-refractivity contribution in [3.05, 3.63) is 59.7 Å². The Hall–Kier alpha value is -1.39.